The maximum atomic E-state index is 12.3. The van der Waals surface area contributed by atoms with Gasteiger partial charge in [0.1, 0.15) is 0 Å². The molecule has 1 aliphatic heterocycles. The molecule has 21 heavy (non-hydrogen) atoms. The van der Waals surface area contributed by atoms with Crippen molar-refractivity contribution in [2.45, 2.75) is 31.8 Å². The van der Waals surface area contributed by atoms with Crippen molar-refractivity contribution in [1.29, 1.82) is 0 Å². The summed E-state index contributed by atoms with van der Waals surface area (Å²) in [5, 5.41) is 6.54. The standard InChI is InChI=1S/C15H23N3O3/c1-20-8-9-21-13-2-3-15(13)4-6-18(7-5-15)14(19)12-10-16-17-11-12/h10-11,13H,2-9H2,1H3,(H,16,17). The Morgan fingerprint density at radius 3 is 2.81 bits per heavy atom. The largest absolute Gasteiger partial charge is 0.382 e. The van der Waals surface area contributed by atoms with Gasteiger partial charge in [-0.3, -0.25) is 9.89 Å². The van der Waals surface area contributed by atoms with E-state index in [9.17, 15) is 4.79 Å². The third-order valence-electron chi connectivity index (χ3n) is 4.99. The molecule has 1 saturated heterocycles. The highest BCUT2D eigenvalue weighted by Crippen LogP contribution is 2.50. The number of hydrogen-bond donors (Lipinski definition) is 1. The molecule has 1 aromatic rings. The predicted octanol–water partition coefficient (Wildman–Crippen LogP) is 1.46. The van der Waals surface area contributed by atoms with Crippen LogP contribution in [0.5, 0.6) is 0 Å². The zero-order valence-electron chi connectivity index (χ0n) is 12.5. The van der Waals surface area contributed by atoms with Gasteiger partial charge in [0, 0.05) is 31.8 Å². The van der Waals surface area contributed by atoms with Gasteiger partial charge in [-0.15, -0.1) is 0 Å². The summed E-state index contributed by atoms with van der Waals surface area (Å²) in [6.07, 6.45) is 8.03. The van der Waals surface area contributed by atoms with E-state index < -0.39 is 0 Å². The van der Waals surface area contributed by atoms with Crippen LogP contribution in [0.15, 0.2) is 12.4 Å². The highest BCUT2D eigenvalue weighted by molar-refractivity contribution is 5.93. The number of carbonyl (C=O) groups excluding carboxylic acids is 1. The van der Waals surface area contributed by atoms with Crippen molar-refractivity contribution in [3.8, 4) is 0 Å². The van der Waals surface area contributed by atoms with Gasteiger partial charge >= 0.3 is 0 Å². The highest BCUT2D eigenvalue weighted by atomic mass is 16.5. The molecule has 116 valence electrons. The molecule has 6 nitrogen and oxygen atoms in total. The van der Waals surface area contributed by atoms with Crippen molar-refractivity contribution in [2.24, 2.45) is 5.41 Å². The molecule has 0 bridgehead atoms. The summed E-state index contributed by atoms with van der Waals surface area (Å²) in [6.45, 7) is 2.95. The lowest BCUT2D eigenvalue weighted by molar-refractivity contribution is -0.139. The summed E-state index contributed by atoms with van der Waals surface area (Å²) >= 11 is 0. The molecule has 0 radical (unpaired) electrons. The normalized spacial score (nSPS) is 24.0. The van der Waals surface area contributed by atoms with Crippen LogP contribution in [0.25, 0.3) is 0 Å². The summed E-state index contributed by atoms with van der Waals surface area (Å²) < 4.78 is 11.0. The first-order valence-corrected chi connectivity index (χ1v) is 7.64. The first kappa shape index (κ1) is 14.5. The van der Waals surface area contributed by atoms with Crippen LogP contribution in [-0.4, -0.2) is 60.5 Å². The van der Waals surface area contributed by atoms with E-state index in [1.54, 1.807) is 19.5 Å². The number of likely N-dealkylation sites (tertiary alicyclic amines) is 1. The Labute approximate surface area is 124 Å². The van der Waals surface area contributed by atoms with E-state index >= 15 is 0 Å². The third kappa shape index (κ3) is 2.82. The molecule has 2 aliphatic rings. The second kappa shape index (κ2) is 6.15. The summed E-state index contributed by atoms with van der Waals surface area (Å²) in [5.41, 5.74) is 0.938. The number of nitrogens with one attached hydrogen (secondary N) is 1. The van der Waals surface area contributed by atoms with Crippen molar-refractivity contribution in [3.05, 3.63) is 18.0 Å². The number of hydrogen-bond acceptors (Lipinski definition) is 4. The Morgan fingerprint density at radius 1 is 1.43 bits per heavy atom. The molecule has 6 heteroatoms. The van der Waals surface area contributed by atoms with Crippen molar-refractivity contribution >= 4 is 5.91 Å². The van der Waals surface area contributed by atoms with Crippen LogP contribution in [0.1, 0.15) is 36.0 Å². The van der Waals surface area contributed by atoms with Gasteiger partial charge in [0.05, 0.1) is 31.1 Å². The van der Waals surface area contributed by atoms with Crippen LogP contribution in [0, 0.1) is 5.41 Å². The van der Waals surface area contributed by atoms with Crippen molar-refractivity contribution in [1.82, 2.24) is 15.1 Å². The Kier molecular flexibility index (Phi) is 4.26. The molecule has 2 fully saturated rings. The van der Waals surface area contributed by atoms with Gasteiger partial charge in [-0.2, -0.15) is 5.10 Å². The minimum Gasteiger partial charge on any atom is -0.382 e. The molecule has 1 spiro atoms. The van der Waals surface area contributed by atoms with Crippen molar-refractivity contribution in [3.63, 3.8) is 0 Å². The summed E-state index contributed by atoms with van der Waals surface area (Å²) in [4.78, 5) is 14.2. The SMILES string of the molecule is COCCOC1CCC12CCN(C(=O)c1cn[nH]c1)CC2. The van der Waals surface area contributed by atoms with E-state index in [1.807, 2.05) is 4.90 Å². The minimum absolute atomic E-state index is 0.0785. The van der Waals surface area contributed by atoms with Gasteiger partial charge in [-0.1, -0.05) is 0 Å². The number of carbonyl (C=O) groups is 1. The van der Waals surface area contributed by atoms with Gasteiger partial charge in [0.2, 0.25) is 0 Å². The predicted molar refractivity (Wildman–Crippen MR) is 77.0 cm³/mol. The minimum atomic E-state index is 0.0785. The molecule has 1 saturated carbocycles. The maximum Gasteiger partial charge on any atom is 0.257 e. The Balaban J connectivity index is 1.52. The fourth-order valence-electron chi connectivity index (χ4n) is 3.48. The summed E-state index contributed by atoms with van der Waals surface area (Å²) in [5.74, 6) is 0.0785. The molecule has 1 aromatic heterocycles. The number of piperidine rings is 1. The van der Waals surface area contributed by atoms with Crippen LogP contribution in [0.3, 0.4) is 0 Å². The molecule has 0 aromatic carbocycles. The number of methoxy groups -OCH3 is 1. The first-order valence-electron chi connectivity index (χ1n) is 7.64. The number of ether oxygens (including phenoxy) is 2. The van der Waals surface area contributed by atoms with Crippen LogP contribution >= 0.6 is 0 Å². The Hall–Kier alpha value is -1.40. The summed E-state index contributed by atoms with van der Waals surface area (Å²) in [7, 11) is 1.69. The molecular weight excluding hydrogens is 270 g/mol. The van der Waals surface area contributed by atoms with Crippen molar-refractivity contribution < 1.29 is 14.3 Å². The van der Waals surface area contributed by atoms with E-state index in [-0.39, 0.29) is 5.91 Å². The molecule has 1 N–H and O–H groups in total. The lowest BCUT2D eigenvalue weighted by Gasteiger charge is -2.53. The molecule has 1 aliphatic carbocycles. The van der Waals surface area contributed by atoms with E-state index in [2.05, 4.69) is 10.2 Å². The van der Waals surface area contributed by atoms with Crippen molar-refractivity contribution in [2.75, 3.05) is 33.4 Å². The molecule has 1 unspecified atom stereocenters. The van der Waals surface area contributed by atoms with E-state index in [1.165, 1.54) is 6.42 Å². The lowest BCUT2D eigenvalue weighted by Crippen LogP contribution is -2.54. The molecule has 1 amide bonds. The maximum absolute atomic E-state index is 12.3. The van der Waals surface area contributed by atoms with Crippen LogP contribution in [0.2, 0.25) is 0 Å². The number of aromatic amines is 1. The van der Waals surface area contributed by atoms with Crippen LogP contribution in [-0.2, 0) is 9.47 Å². The fourth-order valence-corrected chi connectivity index (χ4v) is 3.48. The van der Waals surface area contributed by atoms with Crippen LogP contribution < -0.4 is 0 Å². The zero-order valence-corrected chi connectivity index (χ0v) is 12.5. The number of aromatic nitrogens is 2. The number of amides is 1. The topological polar surface area (TPSA) is 67.5 Å². The molecular formula is C15H23N3O3. The number of rotatable bonds is 5. The number of nitrogens with zero attached hydrogens (tertiary/aromatic N) is 2. The van der Waals surface area contributed by atoms with Gasteiger partial charge < -0.3 is 14.4 Å². The Bertz CT molecular complexity index is 467. The third-order valence-corrected chi connectivity index (χ3v) is 4.99. The van der Waals surface area contributed by atoms with E-state index in [0.29, 0.717) is 30.3 Å². The smallest absolute Gasteiger partial charge is 0.257 e. The first-order chi connectivity index (χ1) is 10.2. The zero-order chi connectivity index (χ0) is 14.7. The van der Waals surface area contributed by atoms with Gasteiger partial charge in [-0.25, -0.2) is 0 Å². The second-order valence-electron chi connectivity index (χ2n) is 6.03. The number of H-pyrrole nitrogens is 1. The van der Waals surface area contributed by atoms with Gasteiger partial charge in [0.25, 0.3) is 5.91 Å². The fraction of sp³-hybridized carbons (Fsp3) is 0.733. The van der Waals surface area contributed by atoms with E-state index in [4.69, 9.17) is 9.47 Å². The van der Waals surface area contributed by atoms with Gasteiger partial charge in [-0.05, 0) is 25.7 Å². The quantitative estimate of drug-likeness (QED) is 0.835. The van der Waals surface area contributed by atoms with E-state index in [0.717, 1.165) is 32.4 Å². The molecule has 3 rings (SSSR count). The lowest BCUT2D eigenvalue weighted by atomic mass is 9.60. The molecule has 1 atom stereocenters. The Morgan fingerprint density at radius 2 is 2.24 bits per heavy atom. The molecule has 2 heterocycles. The monoisotopic (exact) mass is 293 g/mol. The van der Waals surface area contributed by atoms with Crippen LogP contribution in [0.4, 0.5) is 0 Å². The second-order valence-corrected chi connectivity index (χ2v) is 6.03. The van der Waals surface area contributed by atoms with Gasteiger partial charge in [0.15, 0.2) is 0 Å². The average molecular weight is 293 g/mol. The average Bonchev–Trinajstić information content (AvgIpc) is 3.04. The highest BCUT2D eigenvalue weighted by Gasteiger charge is 2.49. The summed E-state index contributed by atoms with van der Waals surface area (Å²) in [6, 6.07) is 0.